The number of methoxy groups -OCH3 is 1. The molecule has 0 aliphatic heterocycles. The molecule has 0 fully saturated rings. The smallest absolute Gasteiger partial charge is 0.229 e. The van der Waals surface area contributed by atoms with Crippen LogP contribution in [-0.2, 0) is 12.8 Å². The van der Waals surface area contributed by atoms with E-state index in [1.165, 1.54) is 5.56 Å². The van der Waals surface area contributed by atoms with Crippen molar-refractivity contribution in [2.24, 2.45) is 5.41 Å². The van der Waals surface area contributed by atoms with Crippen molar-refractivity contribution in [3.63, 3.8) is 0 Å². The standard InChI is InChI=1S/C25H28N4O2/c1-5-16-9-11-17(12-10-16)26-23-22-20(14-25(2,3)15-21(22)30)28-24(29-23)27-18-7-6-8-19(13-18)31-4/h6-13H,5,14-15H2,1-4H3,(H2,26,27,28,29). The van der Waals surface area contributed by atoms with Crippen LogP contribution in [0, 0.1) is 5.41 Å². The van der Waals surface area contributed by atoms with Crippen LogP contribution in [0.3, 0.4) is 0 Å². The van der Waals surface area contributed by atoms with Crippen LogP contribution in [-0.4, -0.2) is 22.9 Å². The highest BCUT2D eigenvalue weighted by Crippen LogP contribution is 2.38. The Kier molecular flexibility index (Phi) is 5.63. The number of hydrogen-bond acceptors (Lipinski definition) is 6. The molecule has 2 aromatic carbocycles. The normalized spacial score (nSPS) is 14.6. The molecule has 6 heteroatoms. The summed E-state index contributed by atoms with van der Waals surface area (Å²) in [6, 6.07) is 15.8. The molecular formula is C25H28N4O2. The number of aromatic nitrogens is 2. The third-order valence-corrected chi connectivity index (χ3v) is 5.50. The van der Waals surface area contributed by atoms with Crippen LogP contribution >= 0.6 is 0 Å². The lowest BCUT2D eigenvalue weighted by atomic mass is 9.75. The minimum atomic E-state index is -0.133. The number of carbonyl (C=O) groups excluding carboxylic acids is 1. The summed E-state index contributed by atoms with van der Waals surface area (Å²) in [6.07, 6.45) is 2.17. The summed E-state index contributed by atoms with van der Waals surface area (Å²) in [7, 11) is 1.63. The highest BCUT2D eigenvalue weighted by molar-refractivity contribution is 6.03. The highest BCUT2D eigenvalue weighted by atomic mass is 16.5. The molecule has 0 saturated carbocycles. The predicted molar refractivity (Wildman–Crippen MR) is 124 cm³/mol. The second-order valence-electron chi connectivity index (χ2n) is 8.69. The maximum Gasteiger partial charge on any atom is 0.229 e. The van der Waals surface area contributed by atoms with E-state index in [-0.39, 0.29) is 11.2 Å². The predicted octanol–water partition coefficient (Wildman–Crippen LogP) is 5.69. The number of carbonyl (C=O) groups is 1. The number of ketones is 1. The van der Waals surface area contributed by atoms with Crippen molar-refractivity contribution in [1.29, 1.82) is 0 Å². The maximum atomic E-state index is 13.0. The SMILES string of the molecule is CCc1ccc(Nc2nc(Nc3cccc(OC)c3)nc3c2C(=O)CC(C)(C)C3)cc1. The molecule has 0 radical (unpaired) electrons. The van der Waals surface area contributed by atoms with Crippen LogP contribution < -0.4 is 15.4 Å². The molecule has 31 heavy (non-hydrogen) atoms. The number of nitrogens with zero attached hydrogens (tertiary/aromatic N) is 2. The number of rotatable bonds is 6. The summed E-state index contributed by atoms with van der Waals surface area (Å²) >= 11 is 0. The Labute approximate surface area is 183 Å². The molecule has 1 aromatic heterocycles. The first-order valence-corrected chi connectivity index (χ1v) is 10.6. The number of fused-ring (bicyclic) bond motifs is 1. The molecule has 3 aromatic rings. The molecule has 1 heterocycles. The van der Waals surface area contributed by atoms with Crippen LogP contribution in [0.4, 0.5) is 23.1 Å². The van der Waals surface area contributed by atoms with Crippen LogP contribution in [0.1, 0.15) is 48.8 Å². The topological polar surface area (TPSA) is 76.1 Å². The van der Waals surface area contributed by atoms with Gasteiger partial charge in [-0.25, -0.2) is 4.98 Å². The average molecular weight is 417 g/mol. The first kappa shape index (κ1) is 20.8. The van der Waals surface area contributed by atoms with Crippen LogP contribution in [0.15, 0.2) is 48.5 Å². The summed E-state index contributed by atoms with van der Waals surface area (Å²) in [5, 5.41) is 6.62. The first-order chi connectivity index (χ1) is 14.9. The molecule has 1 aliphatic rings. The van der Waals surface area contributed by atoms with E-state index in [0.29, 0.717) is 30.2 Å². The maximum absolute atomic E-state index is 13.0. The van der Waals surface area contributed by atoms with Gasteiger partial charge in [-0.2, -0.15) is 4.98 Å². The largest absolute Gasteiger partial charge is 0.497 e. The summed E-state index contributed by atoms with van der Waals surface area (Å²) in [5.41, 5.74) is 4.20. The van der Waals surface area contributed by atoms with Gasteiger partial charge in [0.15, 0.2) is 5.78 Å². The molecule has 4 rings (SSSR count). The van der Waals surface area contributed by atoms with Gasteiger partial charge in [0, 0.05) is 23.9 Å². The van der Waals surface area contributed by atoms with Gasteiger partial charge >= 0.3 is 0 Å². The van der Waals surface area contributed by atoms with Gasteiger partial charge in [-0.15, -0.1) is 0 Å². The zero-order valence-electron chi connectivity index (χ0n) is 18.5. The minimum absolute atomic E-state index is 0.0758. The Morgan fingerprint density at radius 2 is 1.77 bits per heavy atom. The van der Waals surface area contributed by atoms with Crippen LogP contribution in [0.25, 0.3) is 0 Å². The molecule has 0 atom stereocenters. The van der Waals surface area contributed by atoms with Gasteiger partial charge < -0.3 is 15.4 Å². The van der Waals surface area contributed by atoms with Crippen molar-refractivity contribution in [3.8, 4) is 5.75 Å². The van der Waals surface area contributed by atoms with Crippen molar-refractivity contribution >= 4 is 28.9 Å². The Morgan fingerprint density at radius 1 is 1.00 bits per heavy atom. The van der Waals surface area contributed by atoms with Crippen LogP contribution in [0.5, 0.6) is 5.75 Å². The second kappa shape index (κ2) is 8.38. The Hall–Kier alpha value is -3.41. The molecule has 0 unspecified atom stereocenters. The molecule has 6 nitrogen and oxygen atoms in total. The van der Waals surface area contributed by atoms with Gasteiger partial charge in [-0.3, -0.25) is 4.79 Å². The van der Waals surface area contributed by atoms with E-state index in [1.807, 2.05) is 36.4 Å². The zero-order valence-corrected chi connectivity index (χ0v) is 18.5. The van der Waals surface area contributed by atoms with Crippen molar-refractivity contribution in [3.05, 3.63) is 65.4 Å². The van der Waals surface area contributed by atoms with Crippen LogP contribution in [0.2, 0.25) is 0 Å². The quantitative estimate of drug-likeness (QED) is 0.538. The minimum Gasteiger partial charge on any atom is -0.497 e. The lowest BCUT2D eigenvalue weighted by molar-refractivity contribution is 0.0911. The first-order valence-electron chi connectivity index (χ1n) is 10.6. The summed E-state index contributed by atoms with van der Waals surface area (Å²) in [6.45, 7) is 6.32. The summed E-state index contributed by atoms with van der Waals surface area (Å²) in [4.78, 5) is 22.4. The van der Waals surface area contributed by atoms with Gasteiger partial charge in [0.05, 0.1) is 18.4 Å². The van der Waals surface area contributed by atoms with Gasteiger partial charge in [-0.05, 0) is 48.1 Å². The number of benzene rings is 2. The fourth-order valence-electron chi connectivity index (χ4n) is 3.90. The van der Waals surface area contributed by atoms with Crippen molar-refractivity contribution < 1.29 is 9.53 Å². The lowest BCUT2D eigenvalue weighted by Crippen LogP contribution is -2.29. The molecule has 0 saturated heterocycles. The van der Waals surface area contributed by atoms with Crippen molar-refractivity contribution in [2.75, 3.05) is 17.7 Å². The average Bonchev–Trinajstić information content (AvgIpc) is 2.73. The fraction of sp³-hybridized carbons (Fsp3) is 0.320. The third kappa shape index (κ3) is 4.68. The van der Waals surface area contributed by atoms with Crippen molar-refractivity contribution in [1.82, 2.24) is 9.97 Å². The number of Topliss-reactive ketones (excluding diaryl/α,β-unsaturated/α-hetero) is 1. The number of aryl methyl sites for hydroxylation is 1. The summed E-state index contributed by atoms with van der Waals surface area (Å²) in [5.74, 6) is 1.81. The van der Waals surface area contributed by atoms with E-state index < -0.39 is 0 Å². The monoisotopic (exact) mass is 416 g/mol. The summed E-state index contributed by atoms with van der Waals surface area (Å²) < 4.78 is 5.31. The van der Waals surface area contributed by atoms with E-state index in [2.05, 4.69) is 48.5 Å². The van der Waals surface area contributed by atoms with Gasteiger partial charge in [0.2, 0.25) is 5.95 Å². The molecular weight excluding hydrogens is 388 g/mol. The van der Waals surface area contributed by atoms with E-state index >= 15 is 0 Å². The molecule has 2 N–H and O–H groups in total. The van der Waals surface area contributed by atoms with E-state index in [0.717, 1.165) is 29.2 Å². The van der Waals surface area contributed by atoms with Crippen molar-refractivity contribution in [2.45, 2.75) is 40.0 Å². The number of hydrogen-bond donors (Lipinski definition) is 2. The Morgan fingerprint density at radius 3 is 2.48 bits per heavy atom. The number of nitrogens with one attached hydrogen (secondary N) is 2. The fourth-order valence-corrected chi connectivity index (χ4v) is 3.90. The number of ether oxygens (including phenoxy) is 1. The van der Waals surface area contributed by atoms with E-state index in [1.54, 1.807) is 7.11 Å². The van der Waals surface area contributed by atoms with Gasteiger partial charge in [0.1, 0.15) is 11.6 Å². The molecule has 160 valence electrons. The Balaban J connectivity index is 1.74. The molecule has 0 amide bonds. The van der Waals surface area contributed by atoms with Gasteiger partial charge in [0.25, 0.3) is 0 Å². The molecule has 0 bridgehead atoms. The Bertz CT molecular complexity index is 1110. The zero-order chi connectivity index (χ0) is 22.0. The lowest BCUT2D eigenvalue weighted by Gasteiger charge is -2.30. The third-order valence-electron chi connectivity index (χ3n) is 5.50. The molecule has 0 spiro atoms. The number of anilines is 4. The molecule has 1 aliphatic carbocycles. The van der Waals surface area contributed by atoms with E-state index in [4.69, 9.17) is 9.72 Å². The second-order valence-corrected chi connectivity index (χ2v) is 8.69. The van der Waals surface area contributed by atoms with E-state index in [9.17, 15) is 4.79 Å². The van der Waals surface area contributed by atoms with Gasteiger partial charge in [-0.1, -0.05) is 39.0 Å². The highest BCUT2D eigenvalue weighted by Gasteiger charge is 2.35.